The van der Waals surface area contributed by atoms with Crippen LogP contribution < -0.4 is 9.47 Å². The first-order chi connectivity index (χ1) is 10.2. The molecule has 21 heavy (non-hydrogen) atoms. The number of rotatable bonds is 4. The van der Waals surface area contributed by atoms with Gasteiger partial charge in [-0.3, -0.25) is 4.98 Å². The van der Waals surface area contributed by atoms with Crippen LogP contribution in [-0.2, 0) is 0 Å². The van der Waals surface area contributed by atoms with Gasteiger partial charge in [0.15, 0.2) is 11.5 Å². The molecular formula is C12H9N5O4. The smallest absolute Gasteiger partial charge is 0.335 e. The second kappa shape index (κ2) is 5.04. The second-order valence-corrected chi connectivity index (χ2v) is 3.97. The van der Waals surface area contributed by atoms with Crippen LogP contribution in [0.25, 0.3) is 5.65 Å². The molecular weight excluding hydrogens is 278 g/mol. The number of benzene rings is 1. The van der Waals surface area contributed by atoms with E-state index >= 15 is 0 Å². The molecule has 3 aromatic rings. The van der Waals surface area contributed by atoms with Crippen molar-refractivity contribution in [3.63, 3.8) is 0 Å². The fourth-order valence-corrected chi connectivity index (χ4v) is 1.73. The Bertz CT molecular complexity index is 816. The summed E-state index contributed by atoms with van der Waals surface area (Å²) in [6.45, 7) is 0. The van der Waals surface area contributed by atoms with Crippen LogP contribution in [0, 0.1) is 0 Å². The molecule has 0 bridgehead atoms. The lowest BCUT2D eigenvalue weighted by molar-refractivity contribution is 0.0696. The van der Waals surface area contributed by atoms with Gasteiger partial charge in [-0.1, -0.05) is 0 Å². The van der Waals surface area contributed by atoms with Crippen molar-refractivity contribution in [3.05, 3.63) is 36.2 Å². The van der Waals surface area contributed by atoms with Gasteiger partial charge >= 0.3 is 5.97 Å². The van der Waals surface area contributed by atoms with Gasteiger partial charge in [0.05, 0.1) is 25.1 Å². The summed E-state index contributed by atoms with van der Waals surface area (Å²) in [5.41, 5.74) is 0.475. The molecule has 9 nitrogen and oxygen atoms in total. The van der Waals surface area contributed by atoms with Gasteiger partial charge in [0, 0.05) is 0 Å². The molecule has 0 radical (unpaired) electrons. The number of carboxylic acid groups (broad SMARTS) is 1. The van der Waals surface area contributed by atoms with Gasteiger partial charge in [0.25, 0.3) is 0 Å². The number of hydrogen-bond acceptors (Lipinski definition) is 7. The highest BCUT2D eigenvalue weighted by molar-refractivity contribution is 5.88. The lowest BCUT2D eigenvalue weighted by Gasteiger charge is -2.10. The summed E-state index contributed by atoms with van der Waals surface area (Å²) in [5, 5.41) is 20.0. The summed E-state index contributed by atoms with van der Waals surface area (Å²) in [5.74, 6) is -0.230. The normalized spacial score (nSPS) is 10.5. The first-order valence-electron chi connectivity index (χ1n) is 5.80. The maximum absolute atomic E-state index is 11.0. The average molecular weight is 287 g/mol. The molecule has 2 aromatic heterocycles. The van der Waals surface area contributed by atoms with Crippen molar-refractivity contribution < 1.29 is 19.4 Å². The molecule has 1 aromatic carbocycles. The van der Waals surface area contributed by atoms with Gasteiger partial charge < -0.3 is 14.6 Å². The SMILES string of the molecule is COc1ccc(C(=O)O)cc1Oc1cncc2nnnn12. The number of carbonyl (C=O) groups is 1. The van der Waals surface area contributed by atoms with E-state index in [4.69, 9.17) is 14.6 Å². The summed E-state index contributed by atoms with van der Waals surface area (Å²) in [7, 11) is 1.46. The quantitative estimate of drug-likeness (QED) is 0.756. The minimum Gasteiger partial charge on any atom is -0.493 e. The van der Waals surface area contributed by atoms with Crippen LogP contribution in [0.4, 0.5) is 0 Å². The Morgan fingerprint density at radius 2 is 2.14 bits per heavy atom. The standard InChI is InChI=1S/C12H9N5O4/c1-20-8-3-2-7(12(18)19)4-9(8)21-11-6-13-5-10-14-15-16-17(10)11/h2-6H,1H3,(H,18,19). The highest BCUT2D eigenvalue weighted by Crippen LogP contribution is 2.32. The zero-order valence-electron chi connectivity index (χ0n) is 10.8. The lowest BCUT2D eigenvalue weighted by Crippen LogP contribution is -2.01. The molecule has 1 N–H and O–H groups in total. The van der Waals surface area contributed by atoms with Gasteiger partial charge in [-0.2, -0.15) is 4.52 Å². The molecule has 0 fully saturated rings. The van der Waals surface area contributed by atoms with Crippen molar-refractivity contribution >= 4 is 11.6 Å². The molecule has 0 aliphatic heterocycles. The molecule has 0 unspecified atom stereocenters. The van der Waals surface area contributed by atoms with E-state index in [0.29, 0.717) is 11.4 Å². The number of aromatic nitrogens is 5. The second-order valence-electron chi connectivity index (χ2n) is 3.97. The fraction of sp³-hybridized carbons (Fsp3) is 0.0833. The van der Waals surface area contributed by atoms with Crippen molar-refractivity contribution in [1.29, 1.82) is 0 Å². The molecule has 0 saturated carbocycles. The highest BCUT2D eigenvalue weighted by Gasteiger charge is 2.13. The molecule has 9 heteroatoms. The van der Waals surface area contributed by atoms with Crippen molar-refractivity contribution in [1.82, 2.24) is 25.0 Å². The minimum atomic E-state index is -1.07. The Hall–Kier alpha value is -3.23. The van der Waals surface area contributed by atoms with Gasteiger partial charge in [-0.25, -0.2) is 4.79 Å². The van der Waals surface area contributed by atoms with E-state index in [1.165, 1.54) is 42.2 Å². The Labute approximate surface area is 117 Å². The predicted molar refractivity (Wildman–Crippen MR) is 68.6 cm³/mol. The van der Waals surface area contributed by atoms with Crippen molar-refractivity contribution in [2.75, 3.05) is 7.11 Å². The zero-order chi connectivity index (χ0) is 14.8. The van der Waals surface area contributed by atoms with E-state index in [2.05, 4.69) is 20.5 Å². The first-order valence-corrected chi connectivity index (χ1v) is 5.80. The zero-order valence-corrected chi connectivity index (χ0v) is 10.8. The number of methoxy groups -OCH3 is 1. The Kier molecular flexibility index (Phi) is 3.07. The van der Waals surface area contributed by atoms with E-state index in [-0.39, 0.29) is 17.2 Å². The minimum absolute atomic E-state index is 0.0719. The van der Waals surface area contributed by atoms with Crippen LogP contribution in [0.15, 0.2) is 30.6 Å². The van der Waals surface area contributed by atoms with Crippen molar-refractivity contribution in [2.24, 2.45) is 0 Å². The van der Waals surface area contributed by atoms with E-state index in [1.807, 2.05) is 0 Å². The molecule has 2 heterocycles. The van der Waals surface area contributed by atoms with Crippen LogP contribution in [0.3, 0.4) is 0 Å². The van der Waals surface area contributed by atoms with Crippen LogP contribution in [0.1, 0.15) is 10.4 Å². The molecule has 0 saturated heterocycles. The average Bonchev–Trinajstić information content (AvgIpc) is 2.96. The van der Waals surface area contributed by atoms with Crippen molar-refractivity contribution in [3.8, 4) is 17.4 Å². The Balaban J connectivity index is 2.06. The topological polar surface area (TPSA) is 112 Å². The predicted octanol–water partition coefficient (Wildman–Crippen LogP) is 1.02. The molecule has 3 rings (SSSR count). The van der Waals surface area contributed by atoms with Gasteiger partial charge in [0.2, 0.25) is 11.5 Å². The molecule has 0 spiro atoms. The fourth-order valence-electron chi connectivity index (χ4n) is 1.73. The molecule has 0 amide bonds. The van der Waals surface area contributed by atoms with Crippen LogP contribution in [0.5, 0.6) is 17.4 Å². The Morgan fingerprint density at radius 1 is 1.29 bits per heavy atom. The summed E-state index contributed by atoms with van der Waals surface area (Å²) in [6, 6.07) is 4.28. The number of hydrogen-bond donors (Lipinski definition) is 1. The number of nitrogens with zero attached hydrogens (tertiary/aromatic N) is 5. The van der Waals surface area contributed by atoms with Gasteiger partial charge in [-0.05, 0) is 28.6 Å². The monoisotopic (exact) mass is 287 g/mol. The molecule has 0 aliphatic rings. The number of carboxylic acids is 1. The Morgan fingerprint density at radius 3 is 2.90 bits per heavy atom. The third-order valence-corrected chi connectivity index (χ3v) is 2.70. The number of fused-ring (bicyclic) bond motifs is 1. The van der Waals surface area contributed by atoms with E-state index in [1.54, 1.807) is 0 Å². The third-order valence-electron chi connectivity index (χ3n) is 2.70. The summed E-state index contributed by atoms with van der Waals surface area (Å²) >= 11 is 0. The van der Waals surface area contributed by atoms with E-state index in [0.717, 1.165) is 0 Å². The first kappa shape index (κ1) is 12.8. The molecule has 0 aliphatic carbocycles. The van der Waals surface area contributed by atoms with Crippen LogP contribution >= 0.6 is 0 Å². The molecule has 106 valence electrons. The summed E-state index contributed by atoms with van der Waals surface area (Å²) in [4.78, 5) is 15.0. The largest absolute Gasteiger partial charge is 0.493 e. The molecule has 0 atom stereocenters. The summed E-state index contributed by atoms with van der Waals surface area (Å²) < 4.78 is 12.1. The van der Waals surface area contributed by atoms with E-state index < -0.39 is 5.97 Å². The summed E-state index contributed by atoms with van der Waals surface area (Å²) in [6.07, 6.45) is 2.88. The van der Waals surface area contributed by atoms with Crippen LogP contribution in [-0.4, -0.2) is 43.2 Å². The van der Waals surface area contributed by atoms with Crippen LogP contribution in [0.2, 0.25) is 0 Å². The van der Waals surface area contributed by atoms with Crippen molar-refractivity contribution in [2.45, 2.75) is 0 Å². The third kappa shape index (κ3) is 2.31. The maximum atomic E-state index is 11.0. The maximum Gasteiger partial charge on any atom is 0.335 e. The van der Waals surface area contributed by atoms with Gasteiger partial charge in [-0.15, -0.1) is 5.10 Å². The van der Waals surface area contributed by atoms with E-state index in [9.17, 15) is 4.79 Å². The lowest BCUT2D eigenvalue weighted by atomic mass is 10.2. The number of tetrazole rings is 1. The number of ether oxygens (including phenoxy) is 2. The highest BCUT2D eigenvalue weighted by atomic mass is 16.5. The number of aromatic carboxylic acids is 1. The van der Waals surface area contributed by atoms with Gasteiger partial charge in [0.1, 0.15) is 0 Å².